The van der Waals surface area contributed by atoms with Crippen LogP contribution in [0.4, 0.5) is 0 Å². The fourth-order valence-corrected chi connectivity index (χ4v) is 2.68. The van der Waals surface area contributed by atoms with E-state index < -0.39 is 0 Å². The lowest BCUT2D eigenvalue weighted by Crippen LogP contribution is -2.21. The van der Waals surface area contributed by atoms with Crippen LogP contribution in [-0.2, 0) is 7.05 Å². The van der Waals surface area contributed by atoms with Crippen molar-refractivity contribution >= 4 is 16.7 Å². The van der Waals surface area contributed by atoms with Gasteiger partial charge in [0, 0.05) is 30.1 Å². The Morgan fingerprint density at radius 1 is 1.39 bits per heavy atom. The SMILES string of the molecule is COc1cccc2c(C(=O)C3CCC3)cn(C)c12. The molecule has 0 N–H and O–H groups in total. The molecule has 1 aromatic carbocycles. The van der Waals surface area contributed by atoms with E-state index in [4.69, 9.17) is 4.74 Å². The van der Waals surface area contributed by atoms with Crippen LogP contribution in [0.3, 0.4) is 0 Å². The molecule has 3 heteroatoms. The van der Waals surface area contributed by atoms with E-state index in [2.05, 4.69) is 0 Å². The summed E-state index contributed by atoms with van der Waals surface area (Å²) in [7, 11) is 3.62. The molecule has 1 fully saturated rings. The number of methoxy groups -OCH3 is 1. The van der Waals surface area contributed by atoms with E-state index in [9.17, 15) is 4.79 Å². The summed E-state index contributed by atoms with van der Waals surface area (Å²) in [6.45, 7) is 0. The van der Waals surface area contributed by atoms with Gasteiger partial charge in [-0.1, -0.05) is 18.6 Å². The highest BCUT2D eigenvalue weighted by Gasteiger charge is 2.28. The quantitative estimate of drug-likeness (QED) is 0.775. The molecular formula is C15H17NO2. The molecule has 0 bridgehead atoms. The molecule has 1 saturated carbocycles. The largest absolute Gasteiger partial charge is 0.495 e. The number of carbonyl (C=O) groups is 1. The average molecular weight is 243 g/mol. The summed E-state index contributed by atoms with van der Waals surface area (Å²) in [5.74, 6) is 1.35. The molecule has 0 unspecified atom stereocenters. The summed E-state index contributed by atoms with van der Waals surface area (Å²) in [6, 6.07) is 5.88. The van der Waals surface area contributed by atoms with Gasteiger partial charge in [0.25, 0.3) is 0 Å². The Morgan fingerprint density at radius 3 is 2.78 bits per heavy atom. The maximum absolute atomic E-state index is 12.4. The first-order valence-electron chi connectivity index (χ1n) is 6.38. The van der Waals surface area contributed by atoms with Gasteiger partial charge in [0.2, 0.25) is 0 Å². The third kappa shape index (κ3) is 1.54. The second kappa shape index (κ2) is 4.16. The highest BCUT2D eigenvalue weighted by atomic mass is 16.5. The molecule has 2 aromatic rings. The molecule has 18 heavy (non-hydrogen) atoms. The molecule has 94 valence electrons. The summed E-state index contributed by atoms with van der Waals surface area (Å²) in [5, 5.41) is 1.01. The molecule has 1 heterocycles. The van der Waals surface area contributed by atoms with Crippen LogP contribution in [0.2, 0.25) is 0 Å². The predicted molar refractivity (Wildman–Crippen MR) is 71.1 cm³/mol. The Labute approximate surface area is 106 Å². The zero-order chi connectivity index (χ0) is 12.7. The van der Waals surface area contributed by atoms with Gasteiger partial charge in [0.05, 0.1) is 12.6 Å². The number of Topliss-reactive ketones (excluding diaryl/α,β-unsaturated/α-hetero) is 1. The lowest BCUT2D eigenvalue weighted by Gasteiger charge is -2.23. The Balaban J connectivity index is 2.16. The van der Waals surface area contributed by atoms with Crippen LogP contribution >= 0.6 is 0 Å². The monoisotopic (exact) mass is 243 g/mol. The standard InChI is InChI=1S/C15H17NO2/c1-16-9-12(15(17)10-5-3-6-10)11-7-4-8-13(18-2)14(11)16/h4,7-10H,3,5-6H2,1-2H3. The minimum absolute atomic E-state index is 0.238. The minimum atomic E-state index is 0.238. The number of fused-ring (bicyclic) bond motifs is 1. The van der Waals surface area contributed by atoms with Crippen LogP contribution in [0.1, 0.15) is 29.6 Å². The van der Waals surface area contributed by atoms with Gasteiger partial charge in [-0.05, 0) is 18.9 Å². The third-order valence-electron chi connectivity index (χ3n) is 3.93. The number of benzene rings is 1. The van der Waals surface area contributed by atoms with Gasteiger partial charge in [-0.3, -0.25) is 4.79 Å². The Hall–Kier alpha value is -1.77. The summed E-state index contributed by atoms with van der Waals surface area (Å²) in [6.07, 6.45) is 5.21. The van der Waals surface area contributed by atoms with Crippen LogP contribution < -0.4 is 4.74 Å². The lowest BCUT2D eigenvalue weighted by molar-refractivity contribution is 0.0857. The molecule has 1 aliphatic carbocycles. The van der Waals surface area contributed by atoms with Gasteiger partial charge in [-0.25, -0.2) is 0 Å². The first kappa shape index (κ1) is 11.3. The number of rotatable bonds is 3. The molecule has 3 rings (SSSR count). The van der Waals surface area contributed by atoms with Crippen molar-refractivity contribution < 1.29 is 9.53 Å². The van der Waals surface area contributed by atoms with E-state index >= 15 is 0 Å². The van der Waals surface area contributed by atoms with Gasteiger partial charge >= 0.3 is 0 Å². The van der Waals surface area contributed by atoms with Crippen molar-refractivity contribution in [2.24, 2.45) is 13.0 Å². The number of aromatic nitrogens is 1. The van der Waals surface area contributed by atoms with Crippen molar-refractivity contribution in [2.45, 2.75) is 19.3 Å². The highest BCUT2D eigenvalue weighted by molar-refractivity contribution is 6.10. The zero-order valence-corrected chi connectivity index (χ0v) is 10.8. The van der Waals surface area contributed by atoms with Gasteiger partial charge in [-0.2, -0.15) is 0 Å². The van der Waals surface area contributed by atoms with E-state index in [-0.39, 0.29) is 5.92 Å². The second-order valence-corrected chi connectivity index (χ2v) is 5.00. The van der Waals surface area contributed by atoms with Crippen molar-refractivity contribution in [1.29, 1.82) is 0 Å². The van der Waals surface area contributed by atoms with E-state index in [0.29, 0.717) is 5.78 Å². The molecular weight excluding hydrogens is 226 g/mol. The van der Waals surface area contributed by atoms with Crippen molar-refractivity contribution in [3.63, 3.8) is 0 Å². The van der Waals surface area contributed by atoms with Crippen LogP contribution in [0.15, 0.2) is 24.4 Å². The Morgan fingerprint density at radius 2 is 2.17 bits per heavy atom. The minimum Gasteiger partial charge on any atom is -0.495 e. The number of carbonyl (C=O) groups excluding carboxylic acids is 1. The van der Waals surface area contributed by atoms with Gasteiger partial charge in [0.1, 0.15) is 5.75 Å². The maximum Gasteiger partial charge on any atom is 0.168 e. The smallest absolute Gasteiger partial charge is 0.168 e. The maximum atomic E-state index is 12.4. The molecule has 0 aliphatic heterocycles. The third-order valence-corrected chi connectivity index (χ3v) is 3.93. The first-order chi connectivity index (χ1) is 8.72. The number of nitrogens with zero attached hydrogens (tertiary/aromatic N) is 1. The molecule has 0 spiro atoms. The number of hydrogen-bond donors (Lipinski definition) is 0. The topological polar surface area (TPSA) is 31.2 Å². The normalized spacial score (nSPS) is 15.7. The van der Waals surface area contributed by atoms with Crippen LogP contribution in [0.5, 0.6) is 5.75 Å². The molecule has 1 aliphatic rings. The van der Waals surface area contributed by atoms with Crippen molar-refractivity contribution in [1.82, 2.24) is 4.57 Å². The number of hydrogen-bond acceptors (Lipinski definition) is 2. The molecule has 0 amide bonds. The molecule has 0 atom stereocenters. The Kier molecular flexibility index (Phi) is 2.62. The fraction of sp³-hybridized carbons (Fsp3) is 0.400. The van der Waals surface area contributed by atoms with E-state index in [1.54, 1.807) is 7.11 Å². The fourth-order valence-electron chi connectivity index (χ4n) is 2.68. The van der Waals surface area contributed by atoms with Crippen LogP contribution in [0.25, 0.3) is 10.9 Å². The summed E-state index contributed by atoms with van der Waals surface area (Å²) in [4.78, 5) is 12.4. The number of para-hydroxylation sites is 1. The van der Waals surface area contributed by atoms with Crippen LogP contribution in [0, 0.1) is 5.92 Å². The number of ether oxygens (including phenoxy) is 1. The van der Waals surface area contributed by atoms with E-state index in [1.165, 1.54) is 6.42 Å². The van der Waals surface area contributed by atoms with Gasteiger partial charge in [0.15, 0.2) is 5.78 Å². The number of aryl methyl sites for hydroxylation is 1. The van der Waals surface area contributed by atoms with Crippen LogP contribution in [-0.4, -0.2) is 17.5 Å². The number of ketones is 1. The first-order valence-corrected chi connectivity index (χ1v) is 6.38. The van der Waals surface area contributed by atoms with E-state index in [0.717, 1.165) is 35.1 Å². The second-order valence-electron chi connectivity index (χ2n) is 5.00. The highest BCUT2D eigenvalue weighted by Crippen LogP contribution is 2.35. The van der Waals surface area contributed by atoms with Crippen molar-refractivity contribution in [2.75, 3.05) is 7.11 Å². The van der Waals surface area contributed by atoms with Gasteiger partial charge < -0.3 is 9.30 Å². The molecule has 0 saturated heterocycles. The van der Waals surface area contributed by atoms with Gasteiger partial charge in [-0.15, -0.1) is 0 Å². The summed E-state index contributed by atoms with van der Waals surface area (Å²) < 4.78 is 7.36. The summed E-state index contributed by atoms with van der Waals surface area (Å²) in [5.41, 5.74) is 1.85. The van der Waals surface area contributed by atoms with Crippen molar-refractivity contribution in [3.8, 4) is 5.75 Å². The predicted octanol–water partition coefficient (Wildman–Crippen LogP) is 3.17. The Bertz CT molecular complexity index is 608. The molecule has 1 aromatic heterocycles. The zero-order valence-electron chi connectivity index (χ0n) is 10.8. The average Bonchev–Trinajstić information content (AvgIpc) is 2.65. The van der Waals surface area contributed by atoms with Crippen molar-refractivity contribution in [3.05, 3.63) is 30.0 Å². The lowest BCUT2D eigenvalue weighted by atomic mass is 9.80. The van der Waals surface area contributed by atoms with E-state index in [1.807, 2.05) is 36.0 Å². The molecule has 0 radical (unpaired) electrons. The summed E-state index contributed by atoms with van der Waals surface area (Å²) >= 11 is 0. The molecule has 3 nitrogen and oxygen atoms in total.